The van der Waals surface area contributed by atoms with Crippen molar-refractivity contribution in [2.45, 2.75) is 26.4 Å². The number of hydrogen-bond acceptors (Lipinski definition) is 3. The average Bonchev–Trinajstić information content (AvgIpc) is 2.58. The van der Waals surface area contributed by atoms with Crippen LogP contribution in [0.25, 0.3) is 10.8 Å². The van der Waals surface area contributed by atoms with Gasteiger partial charge in [-0.05, 0) is 22.3 Å². The van der Waals surface area contributed by atoms with Gasteiger partial charge >= 0.3 is 0 Å². The SMILES string of the molecule is CC(C)[C@H](N)C(=O)NCC(=O)N(C)Cc1cccc2ccccc12.Cl. The number of halogens is 1. The highest BCUT2D eigenvalue weighted by atomic mass is 35.5. The Labute approximate surface area is 155 Å². The third-order valence-corrected chi connectivity index (χ3v) is 4.15. The molecule has 0 aliphatic heterocycles. The van der Waals surface area contributed by atoms with Crippen molar-refractivity contribution in [3.63, 3.8) is 0 Å². The molecule has 5 nitrogen and oxygen atoms in total. The maximum Gasteiger partial charge on any atom is 0.242 e. The molecule has 0 saturated carbocycles. The molecule has 1 atom stereocenters. The Hall–Kier alpha value is -2.11. The fraction of sp³-hybridized carbons (Fsp3) is 0.368. The van der Waals surface area contributed by atoms with Gasteiger partial charge in [0.1, 0.15) is 0 Å². The van der Waals surface area contributed by atoms with E-state index < -0.39 is 6.04 Å². The molecule has 0 aliphatic carbocycles. The van der Waals surface area contributed by atoms with Crippen LogP contribution in [0.5, 0.6) is 0 Å². The van der Waals surface area contributed by atoms with Crippen LogP contribution in [0.15, 0.2) is 42.5 Å². The summed E-state index contributed by atoms with van der Waals surface area (Å²) < 4.78 is 0. The molecular formula is C19H26ClN3O2. The zero-order chi connectivity index (χ0) is 17.7. The highest BCUT2D eigenvalue weighted by Crippen LogP contribution is 2.19. The summed E-state index contributed by atoms with van der Waals surface area (Å²) in [6.07, 6.45) is 0. The largest absolute Gasteiger partial charge is 0.346 e. The van der Waals surface area contributed by atoms with Crippen molar-refractivity contribution in [1.29, 1.82) is 0 Å². The molecule has 0 radical (unpaired) electrons. The lowest BCUT2D eigenvalue weighted by molar-refractivity contribution is -0.132. The van der Waals surface area contributed by atoms with Crippen molar-refractivity contribution >= 4 is 35.0 Å². The second kappa shape index (κ2) is 9.39. The van der Waals surface area contributed by atoms with Gasteiger partial charge in [0, 0.05) is 13.6 Å². The van der Waals surface area contributed by atoms with Crippen LogP contribution in [0, 0.1) is 5.92 Å². The van der Waals surface area contributed by atoms with Crippen LogP contribution in [0.3, 0.4) is 0 Å². The summed E-state index contributed by atoms with van der Waals surface area (Å²) in [4.78, 5) is 25.7. The third kappa shape index (κ3) is 5.44. The van der Waals surface area contributed by atoms with E-state index in [1.54, 1.807) is 11.9 Å². The summed E-state index contributed by atoms with van der Waals surface area (Å²) in [5, 5.41) is 4.89. The molecule has 0 spiro atoms. The van der Waals surface area contributed by atoms with Gasteiger partial charge in [0.15, 0.2) is 0 Å². The first kappa shape index (κ1) is 20.9. The lowest BCUT2D eigenvalue weighted by atomic mass is 10.0. The summed E-state index contributed by atoms with van der Waals surface area (Å²) in [5.74, 6) is -0.405. The Balaban J connectivity index is 0.00000312. The van der Waals surface area contributed by atoms with E-state index in [-0.39, 0.29) is 36.7 Å². The van der Waals surface area contributed by atoms with Crippen LogP contribution in [0.1, 0.15) is 19.4 Å². The molecule has 2 rings (SSSR count). The number of benzene rings is 2. The van der Waals surface area contributed by atoms with E-state index in [4.69, 9.17) is 5.73 Å². The first-order valence-corrected chi connectivity index (χ1v) is 8.14. The monoisotopic (exact) mass is 363 g/mol. The molecule has 0 bridgehead atoms. The third-order valence-electron chi connectivity index (χ3n) is 4.15. The Kier molecular flexibility index (Phi) is 7.87. The molecule has 0 fully saturated rings. The maximum absolute atomic E-state index is 12.3. The minimum absolute atomic E-state index is 0. The molecule has 2 aromatic rings. The zero-order valence-corrected chi connectivity index (χ0v) is 15.7. The van der Waals surface area contributed by atoms with Gasteiger partial charge in [0.25, 0.3) is 0 Å². The van der Waals surface area contributed by atoms with Gasteiger partial charge in [-0.15, -0.1) is 12.4 Å². The smallest absolute Gasteiger partial charge is 0.242 e. The molecule has 2 amide bonds. The molecule has 0 unspecified atom stereocenters. The quantitative estimate of drug-likeness (QED) is 0.827. The normalized spacial score (nSPS) is 11.7. The lowest BCUT2D eigenvalue weighted by Gasteiger charge is -2.20. The number of amides is 2. The number of nitrogens with one attached hydrogen (secondary N) is 1. The van der Waals surface area contributed by atoms with E-state index in [0.717, 1.165) is 16.3 Å². The maximum atomic E-state index is 12.3. The van der Waals surface area contributed by atoms with Crippen molar-refractivity contribution in [3.8, 4) is 0 Å². The van der Waals surface area contributed by atoms with Crippen LogP contribution in [-0.4, -0.2) is 36.3 Å². The predicted molar refractivity (Wildman–Crippen MR) is 103 cm³/mol. The van der Waals surface area contributed by atoms with E-state index in [0.29, 0.717) is 6.54 Å². The Bertz CT molecular complexity index is 728. The summed E-state index contributed by atoms with van der Waals surface area (Å²) in [5.41, 5.74) is 6.85. The number of nitrogens with zero attached hydrogens (tertiary/aromatic N) is 1. The number of fused-ring (bicyclic) bond motifs is 1. The van der Waals surface area contributed by atoms with Crippen molar-refractivity contribution < 1.29 is 9.59 Å². The van der Waals surface area contributed by atoms with Crippen molar-refractivity contribution in [2.24, 2.45) is 11.7 Å². The summed E-state index contributed by atoms with van der Waals surface area (Å²) in [6.45, 7) is 4.20. The van der Waals surface area contributed by atoms with Gasteiger partial charge in [-0.2, -0.15) is 0 Å². The summed E-state index contributed by atoms with van der Waals surface area (Å²) in [7, 11) is 1.73. The Morgan fingerprint density at radius 3 is 2.44 bits per heavy atom. The zero-order valence-electron chi connectivity index (χ0n) is 14.9. The molecule has 2 aromatic carbocycles. The van der Waals surface area contributed by atoms with Gasteiger partial charge in [0.05, 0.1) is 12.6 Å². The molecular weight excluding hydrogens is 338 g/mol. The topological polar surface area (TPSA) is 75.4 Å². The molecule has 0 saturated heterocycles. The van der Waals surface area contributed by atoms with Gasteiger partial charge in [0.2, 0.25) is 11.8 Å². The number of carbonyl (C=O) groups is 2. The molecule has 3 N–H and O–H groups in total. The second-order valence-electron chi connectivity index (χ2n) is 6.38. The number of likely N-dealkylation sites (N-methyl/N-ethyl adjacent to an activating group) is 1. The molecule has 0 aliphatic rings. The van der Waals surface area contributed by atoms with Crippen LogP contribution < -0.4 is 11.1 Å². The summed E-state index contributed by atoms with van der Waals surface area (Å²) >= 11 is 0. The van der Waals surface area contributed by atoms with Crippen LogP contribution >= 0.6 is 12.4 Å². The number of rotatable bonds is 6. The Morgan fingerprint density at radius 1 is 1.12 bits per heavy atom. The highest BCUT2D eigenvalue weighted by Gasteiger charge is 2.18. The first-order chi connectivity index (χ1) is 11.4. The highest BCUT2D eigenvalue weighted by molar-refractivity contribution is 5.88. The number of nitrogens with two attached hydrogens (primary N) is 1. The lowest BCUT2D eigenvalue weighted by Crippen LogP contribution is -2.47. The summed E-state index contributed by atoms with van der Waals surface area (Å²) in [6, 6.07) is 13.5. The second-order valence-corrected chi connectivity index (χ2v) is 6.38. The molecule has 136 valence electrons. The first-order valence-electron chi connectivity index (χ1n) is 8.14. The van der Waals surface area contributed by atoms with Crippen molar-refractivity contribution in [1.82, 2.24) is 10.2 Å². The molecule has 0 aromatic heterocycles. The number of carbonyl (C=O) groups excluding carboxylic acids is 2. The fourth-order valence-corrected chi connectivity index (χ4v) is 2.49. The fourth-order valence-electron chi connectivity index (χ4n) is 2.49. The molecule has 0 heterocycles. The van der Waals surface area contributed by atoms with E-state index in [1.165, 1.54) is 0 Å². The minimum Gasteiger partial charge on any atom is -0.346 e. The van der Waals surface area contributed by atoms with Gasteiger partial charge in [-0.25, -0.2) is 0 Å². The van der Waals surface area contributed by atoms with Crippen LogP contribution in [-0.2, 0) is 16.1 Å². The van der Waals surface area contributed by atoms with Gasteiger partial charge < -0.3 is 16.0 Å². The van der Waals surface area contributed by atoms with Crippen LogP contribution in [0.2, 0.25) is 0 Å². The Morgan fingerprint density at radius 2 is 1.76 bits per heavy atom. The molecule has 25 heavy (non-hydrogen) atoms. The average molecular weight is 364 g/mol. The number of hydrogen-bond donors (Lipinski definition) is 2. The van der Waals surface area contributed by atoms with Crippen LogP contribution in [0.4, 0.5) is 0 Å². The van der Waals surface area contributed by atoms with E-state index in [1.807, 2.05) is 56.3 Å². The van der Waals surface area contributed by atoms with Crippen molar-refractivity contribution in [3.05, 3.63) is 48.0 Å². The van der Waals surface area contributed by atoms with E-state index in [9.17, 15) is 9.59 Å². The van der Waals surface area contributed by atoms with Crippen molar-refractivity contribution in [2.75, 3.05) is 13.6 Å². The standard InChI is InChI=1S/C19H25N3O2.ClH/c1-13(2)18(20)19(24)21-11-17(23)22(3)12-15-9-6-8-14-7-4-5-10-16(14)15;/h4-10,13,18H,11-12,20H2,1-3H3,(H,21,24);1H/t18-;/m0./s1. The predicted octanol–water partition coefficient (Wildman–Crippen LogP) is 2.32. The van der Waals surface area contributed by atoms with Gasteiger partial charge in [-0.3, -0.25) is 9.59 Å². The van der Waals surface area contributed by atoms with E-state index >= 15 is 0 Å². The van der Waals surface area contributed by atoms with E-state index in [2.05, 4.69) is 5.32 Å². The van der Waals surface area contributed by atoms with Gasteiger partial charge in [-0.1, -0.05) is 56.3 Å². The minimum atomic E-state index is -0.596. The molecule has 6 heteroatoms.